The summed E-state index contributed by atoms with van der Waals surface area (Å²) in [6.07, 6.45) is 8.36. The summed E-state index contributed by atoms with van der Waals surface area (Å²) in [6, 6.07) is 7.98. The largest absolute Gasteiger partial charge is 0.302 e. The van der Waals surface area contributed by atoms with Crippen LogP contribution in [0.4, 0.5) is 0 Å². The van der Waals surface area contributed by atoms with Gasteiger partial charge in [-0.2, -0.15) is 0 Å². The Morgan fingerprint density at radius 1 is 1.17 bits per heavy atom. The van der Waals surface area contributed by atoms with Crippen molar-refractivity contribution in [3.05, 3.63) is 53.3 Å². The van der Waals surface area contributed by atoms with E-state index in [4.69, 9.17) is 11.6 Å². The topological polar surface area (TPSA) is 30.7 Å². The number of rotatable bonds is 6. The van der Waals surface area contributed by atoms with E-state index in [0.29, 0.717) is 5.92 Å². The number of hydrogen-bond donors (Lipinski definition) is 0. The number of nitrogens with zero attached hydrogens (tertiary/aromatic N) is 3. The first-order chi connectivity index (χ1) is 11.3. The third-order valence-electron chi connectivity index (χ3n) is 4.31. The third kappa shape index (κ3) is 4.18. The summed E-state index contributed by atoms with van der Waals surface area (Å²) in [5, 5.41) is 10.7. The van der Waals surface area contributed by atoms with E-state index in [-0.39, 0.29) is 0 Å². The Balaban J connectivity index is 1.74. The molecule has 3 rings (SSSR count). The zero-order chi connectivity index (χ0) is 16.1. The van der Waals surface area contributed by atoms with Crippen LogP contribution in [0.3, 0.4) is 0 Å². The molecule has 3 nitrogen and oxygen atoms in total. The Bertz CT molecular complexity index is 645. The van der Waals surface area contributed by atoms with Gasteiger partial charge in [-0.15, -0.1) is 16.8 Å². The van der Waals surface area contributed by atoms with Gasteiger partial charge in [0.1, 0.15) is 5.82 Å². The van der Waals surface area contributed by atoms with Gasteiger partial charge in [0.25, 0.3) is 0 Å². The van der Waals surface area contributed by atoms with Gasteiger partial charge in [0.05, 0.1) is 0 Å². The molecule has 0 N–H and O–H groups in total. The molecule has 1 fully saturated rings. The van der Waals surface area contributed by atoms with Crippen LogP contribution in [0.1, 0.15) is 49.4 Å². The molecule has 1 aromatic heterocycles. The van der Waals surface area contributed by atoms with Crippen LogP contribution < -0.4 is 0 Å². The van der Waals surface area contributed by atoms with Gasteiger partial charge in [-0.3, -0.25) is 0 Å². The van der Waals surface area contributed by atoms with Crippen LogP contribution in [0.25, 0.3) is 0 Å². The predicted molar refractivity (Wildman–Crippen MR) is 97.1 cm³/mol. The summed E-state index contributed by atoms with van der Waals surface area (Å²) in [4.78, 5) is 0. The predicted octanol–water partition coefficient (Wildman–Crippen LogP) is 5.46. The minimum absolute atomic E-state index is 0.557. The number of hydrogen-bond acceptors (Lipinski definition) is 3. The van der Waals surface area contributed by atoms with Crippen molar-refractivity contribution in [1.82, 2.24) is 14.8 Å². The molecule has 0 bridgehead atoms. The van der Waals surface area contributed by atoms with Crippen LogP contribution in [0.15, 0.2) is 42.1 Å². The van der Waals surface area contributed by atoms with Gasteiger partial charge in [-0.1, -0.05) is 60.8 Å². The molecule has 1 heterocycles. The zero-order valence-electron chi connectivity index (χ0n) is 13.2. The molecule has 0 aliphatic heterocycles. The van der Waals surface area contributed by atoms with Gasteiger partial charge < -0.3 is 4.57 Å². The summed E-state index contributed by atoms with van der Waals surface area (Å²) < 4.78 is 2.24. The number of aromatic nitrogens is 3. The van der Waals surface area contributed by atoms with Gasteiger partial charge in [0.2, 0.25) is 0 Å². The maximum atomic E-state index is 5.94. The second kappa shape index (κ2) is 8.02. The van der Waals surface area contributed by atoms with Crippen LogP contribution in [-0.2, 0) is 12.3 Å². The van der Waals surface area contributed by atoms with Crippen molar-refractivity contribution in [3.63, 3.8) is 0 Å². The molecule has 23 heavy (non-hydrogen) atoms. The summed E-state index contributed by atoms with van der Waals surface area (Å²) in [6.45, 7) is 4.67. The molecule has 1 aliphatic rings. The second-order valence-corrected chi connectivity index (χ2v) is 7.37. The SMILES string of the molecule is C=CCn1c(SCc2ccc(Cl)cc2)nnc1C1CCCCC1. The van der Waals surface area contributed by atoms with Crippen LogP contribution in [0, 0.1) is 0 Å². The van der Waals surface area contributed by atoms with E-state index in [9.17, 15) is 0 Å². The minimum atomic E-state index is 0.557. The first-order valence-corrected chi connectivity index (χ1v) is 9.55. The van der Waals surface area contributed by atoms with Gasteiger partial charge in [0.15, 0.2) is 5.16 Å². The Morgan fingerprint density at radius 3 is 2.61 bits per heavy atom. The Labute approximate surface area is 147 Å². The first kappa shape index (κ1) is 16.6. The van der Waals surface area contributed by atoms with Crippen molar-refractivity contribution in [3.8, 4) is 0 Å². The summed E-state index contributed by atoms with van der Waals surface area (Å²) in [5.41, 5.74) is 1.24. The number of benzene rings is 1. The fourth-order valence-corrected chi connectivity index (χ4v) is 4.14. The maximum absolute atomic E-state index is 5.94. The number of thioether (sulfide) groups is 1. The van der Waals surface area contributed by atoms with E-state index >= 15 is 0 Å². The number of allylic oxidation sites excluding steroid dienone is 1. The Kier molecular flexibility index (Phi) is 5.79. The highest BCUT2D eigenvalue weighted by molar-refractivity contribution is 7.98. The van der Waals surface area contributed by atoms with Gasteiger partial charge >= 0.3 is 0 Å². The normalized spacial score (nSPS) is 15.7. The molecule has 0 amide bonds. The van der Waals surface area contributed by atoms with Crippen molar-refractivity contribution in [2.24, 2.45) is 0 Å². The number of halogens is 1. The summed E-state index contributed by atoms with van der Waals surface area (Å²) in [7, 11) is 0. The molecule has 1 aliphatic carbocycles. The highest BCUT2D eigenvalue weighted by atomic mass is 35.5. The van der Waals surface area contributed by atoms with Crippen LogP contribution in [-0.4, -0.2) is 14.8 Å². The lowest BCUT2D eigenvalue weighted by molar-refractivity contribution is 0.415. The first-order valence-electron chi connectivity index (χ1n) is 8.19. The average molecular weight is 348 g/mol. The molecular weight excluding hydrogens is 326 g/mol. The van der Waals surface area contributed by atoms with E-state index in [1.165, 1.54) is 37.7 Å². The van der Waals surface area contributed by atoms with Crippen LogP contribution in [0.5, 0.6) is 0 Å². The lowest BCUT2D eigenvalue weighted by Gasteiger charge is -2.21. The van der Waals surface area contributed by atoms with E-state index in [0.717, 1.165) is 28.3 Å². The smallest absolute Gasteiger partial charge is 0.191 e. The zero-order valence-corrected chi connectivity index (χ0v) is 14.8. The molecule has 0 unspecified atom stereocenters. The van der Waals surface area contributed by atoms with Gasteiger partial charge in [-0.25, -0.2) is 0 Å². The highest BCUT2D eigenvalue weighted by Gasteiger charge is 2.22. The third-order valence-corrected chi connectivity index (χ3v) is 5.60. The van der Waals surface area contributed by atoms with Crippen LogP contribution >= 0.6 is 23.4 Å². The van der Waals surface area contributed by atoms with Gasteiger partial charge in [-0.05, 0) is 30.5 Å². The fraction of sp³-hybridized carbons (Fsp3) is 0.444. The Hall–Kier alpha value is -1.26. The van der Waals surface area contributed by atoms with E-state index in [2.05, 4.69) is 33.5 Å². The van der Waals surface area contributed by atoms with Crippen molar-refractivity contribution in [1.29, 1.82) is 0 Å². The van der Waals surface area contributed by atoms with E-state index < -0.39 is 0 Å². The van der Waals surface area contributed by atoms with Crippen molar-refractivity contribution < 1.29 is 0 Å². The second-order valence-electron chi connectivity index (χ2n) is 5.99. The molecule has 1 aromatic carbocycles. The molecule has 122 valence electrons. The Morgan fingerprint density at radius 2 is 1.91 bits per heavy atom. The molecule has 0 atom stereocenters. The van der Waals surface area contributed by atoms with E-state index in [1.54, 1.807) is 11.8 Å². The fourth-order valence-electron chi connectivity index (χ4n) is 3.10. The molecule has 2 aromatic rings. The van der Waals surface area contributed by atoms with Crippen molar-refractivity contribution in [2.45, 2.75) is 55.5 Å². The molecule has 0 radical (unpaired) electrons. The monoisotopic (exact) mass is 347 g/mol. The highest BCUT2D eigenvalue weighted by Crippen LogP contribution is 2.33. The standard InChI is InChI=1S/C18H22ClN3S/c1-2-12-22-17(15-6-4-3-5-7-15)20-21-18(22)23-13-14-8-10-16(19)11-9-14/h2,8-11,15H,1,3-7,12-13H2. The lowest BCUT2D eigenvalue weighted by Crippen LogP contribution is -2.12. The van der Waals surface area contributed by atoms with Crippen LogP contribution in [0.2, 0.25) is 5.02 Å². The molecular formula is C18H22ClN3S. The van der Waals surface area contributed by atoms with E-state index in [1.807, 2.05) is 18.2 Å². The lowest BCUT2D eigenvalue weighted by atomic mass is 9.89. The maximum Gasteiger partial charge on any atom is 0.191 e. The molecule has 5 heteroatoms. The average Bonchev–Trinajstić information content (AvgIpc) is 2.98. The minimum Gasteiger partial charge on any atom is -0.302 e. The van der Waals surface area contributed by atoms with Crippen molar-refractivity contribution in [2.75, 3.05) is 0 Å². The quantitative estimate of drug-likeness (QED) is 0.513. The summed E-state index contributed by atoms with van der Waals surface area (Å²) in [5.74, 6) is 2.57. The summed E-state index contributed by atoms with van der Waals surface area (Å²) >= 11 is 7.67. The molecule has 0 spiro atoms. The van der Waals surface area contributed by atoms with Crippen molar-refractivity contribution >= 4 is 23.4 Å². The molecule has 1 saturated carbocycles. The molecule has 0 saturated heterocycles. The van der Waals surface area contributed by atoms with Gasteiger partial charge in [0, 0.05) is 23.2 Å².